The van der Waals surface area contributed by atoms with Crippen LogP contribution in [0, 0.1) is 9.39 Å². The third-order valence-corrected chi connectivity index (χ3v) is 5.32. The molecule has 106 valence electrons. The van der Waals surface area contributed by atoms with E-state index >= 15 is 0 Å². The first-order valence-electron chi connectivity index (χ1n) is 6.08. The summed E-state index contributed by atoms with van der Waals surface area (Å²) in [6.45, 7) is 4.13. The second kappa shape index (κ2) is 7.04. The molecule has 0 aliphatic heterocycles. The molecule has 0 saturated heterocycles. The molecule has 20 heavy (non-hydrogen) atoms. The smallest absolute Gasteiger partial charge is 0.146 e. The fourth-order valence-corrected chi connectivity index (χ4v) is 3.49. The topological polar surface area (TPSA) is 25.8 Å². The summed E-state index contributed by atoms with van der Waals surface area (Å²) in [5.41, 5.74) is 0.940. The molecule has 0 spiro atoms. The first kappa shape index (κ1) is 16.0. The number of halogens is 3. The van der Waals surface area contributed by atoms with Gasteiger partial charge in [-0.25, -0.2) is 14.4 Å². The summed E-state index contributed by atoms with van der Waals surface area (Å²) in [5.74, 6) is 1.18. The van der Waals surface area contributed by atoms with Gasteiger partial charge in [-0.1, -0.05) is 37.6 Å². The molecule has 2 nitrogen and oxygen atoms in total. The molecule has 0 N–H and O–H groups in total. The van der Waals surface area contributed by atoms with Crippen LogP contribution in [-0.2, 0) is 5.75 Å². The lowest BCUT2D eigenvalue weighted by atomic mass is 10.1. The van der Waals surface area contributed by atoms with E-state index in [0.717, 1.165) is 9.26 Å². The Bertz CT molecular complexity index is 622. The largest absolute Gasteiger partial charge is 0.236 e. The third kappa shape index (κ3) is 3.83. The molecule has 6 heteroatoms. The van der Waals surface area contributed by atoms with Crippen LogP contribution in [0.4, 0.5) is 4.39 Å². The number of aromatic nitrogens is 2. The minimum atomic E-state index is -0.224. The third-order valence-electron chi connectivity index (χ3n) is 2.62. The molecule has 0 saturated carbocycles. The minimum Gasteiger partial charge on any atom is -0.236 e. The molecule has 0 amide bonds. The molecule has 0 radical (unpaired) electrons. The highest BCUT2D eigenvalue weighted by Gasteiger charge is 2.14. The second-order valence-corrected chi connectivity index (χ2v) is 6.96. The molecule has 0 fully saturated rings. The maximum atomic E-state index is 13.6. The van der Waals surface area contributed by atoms with Crippen LogP contribution >= 0.6 is 46.0 Å². The molecule has 2 rings (SSSR count). The Balaban J connectivity index is 2.20. The van der Waals surface area contributed by atoms with Gasteiger partial charge >= 0.3 is 0 Å². The summed E-state index contributed by atoms with van der Waals surface area (Å²) < 4.78 is 14.4. The first-order chi connectivity index (χ1) is 9.49. The summed E-state index contributed by atoms with van der Waals surface area (Å²) in [7, 11) is 0. The molecule has 1 aromatic carbocycles. The maximum Gasteiger partial charge on any atom is 0.146 e. The van der Waals surface area contributed by atoms with Crippen molar-refractivity contribution in [1.82, 2.24) is 9.97 Å². The SMILES string of the molecule is CC(C)c1nc(CSc2ccccc2F)nc(Cl)c1I. The molecule has 0 aliphatic rings. The van der Waals surface area contributed by atoms with E-state index in [2.05, 4.69) is 46.4 Å². The van der Waals surface area contributed by atoms with Crippen molar-refractivity contribution in [2.24, 2.45) is 0 Å². The van der Waals surface area contributed by atoms with Crippen LogP contribution in [0.3, 0.4) is 0 Å². The number of thioether (sulfide) groups is 1. The zero-order chi connectivity index (χ0) is 14.7. The fraction of sp³-hybridized carbons (Fsp3) is 0.286. The van der Waals surface area contributed by atoms with Crippen molar-refractivity contribution in [3.05, 3.63) is 50.3 Å². The van der Waals surface area contributed by atoms with E-state index in [4.69, 9.17) is 11.6 Å². The highest BCUT2D eigenvalue weighted by Crippen LogP contribution is 2.28. The van der Waals surface area contributed by atoms with E-state index in [-0.39, 0.29) is 11.7 Å². The summed E-state index contributed by atoms with van der Waals surface area (Å²) in [5, 5.41) is 0.466. The average molecular weight is 423 g/mol. The number of rotatable bonds is 4. The van der Waals surface area contributed by atoms with Crippen molar-refractivity contribution in [2.45, 2.75) is 30.4 Å². The maximum absolute atomic E-state index is 13.6. The van der Waals surface area contributed by atoms with Gasteiger partial charge in [-0.3, -0.25) is 0 Å². The number of hydrogen-bond donors (Lipinski definition) is 0. The van der Waals surface area contributed by atoms with Crippen molar-refractivity contribution in [3.63, 3.8) is 0 Å². The van der Waals surface area contributed by atoms with Crippen molar-refractivity contribution in [1.29, 1.82) is 0 Å². The second-order valence-electron chi connectivity index (χ2n) is 4.50. The van der Waals surface area contributed by atoms with Crippen LogP contribution in [0.5, 0.6) is 0 Å². The lowest BCUT2D eigenvalue weighted by molar-refractivity contribution is 0.602. The highest BCUT2D eigenvalue weighted by molar-refractivity contribution is 14.1. The van der Waals surface area contributed by atoms with Crippen LogP contribution in [-0.4, -0.2) is 9.97 Å². The molecule has 0 bridgehead atoms. The molecule has 1 heterocycles. The minimum absolute atomic E-state index is 0.224. The van der Waals surface area contributed by atoms with Gasteiger partial charge in [-0.15, -0.1) is 11.8 Å². The van der Waals surface area contributed by atoms with Crippen LogP contribution in [0.2, 0.25) is 5.15 Å². The predicted octanol–water partition coefficient (Wildman–Crippen LogP) is 5.29. The average Bonchev–Trinajstić information content (AvgIpc) is 2.41. The van der Waals surface area contributed by atoms with E-state index in [1.807, 2.05) is 6.07 Å². The van der Waals surface area contributed by atoms with E-state index < -0.39 is 0 Å². The predicted molar refractivity (Wildman–Crippen MR) is 89.8 cm³/mol. The first-order valence-corrected chi connectivity index (χ1v) is 8.52. The summed E-state index contributed by atoms with van der Waals surface area (Å²) in [6, 6.07) is 6.68. The summed E-state index contributed by atoms with van der Waals surface area (Å²) >= 11 is 9.67. The molecule has 2 aromatic rings. The van der Waals surface area contributed by atoms with Crippen molar-refractivity contribution < 1.29 is 4.39 Å². The Morgan fingerprint density at radius 1 is 1.30 bits per heavy atom. The number of nitrogens with zero attached hydrogens (tertiary/aromatic N) is 2. The molecule has 0 unspecified atom stereocenters. The van der Waals surface area contributed by atoms with Gasteiger partial charge in [0.25, 0.3) is 0 Å². The van der Waals surface area contributed by atoms with Crippen LogP contribution in [0.1, 0.15) is 31.3 Å². The van der Waals surface area contributed by atoms with Crippen LogP contribution < -0.4 is 0 Å². The van der Waals surface area contributed by atoms with Gasteiger partial charge in [0.05, 0.1) is 15.0 Å². The van der Waals surface area contributed by atoms with Crippen molar-refractivity contribution in [2.75, 3.05) is 0 Å². The number of benzene rings is 1. The highest BCUT2D eigenvalue weighted by atomic mass is 127. The Kier molecular flexibility index (Phi) is 5.63. The molecule has 1 aromatic heterocycles. The van der Waals surface area contributed by atoms with Gasteiger partial charge in [-0.2, -0.15) is 0 Å². The zero-order valence-corrected chi connectivity index (χ0v) is 14.8. The van der Waals surface area contributed by atoms with Crippen molar-refractivity contribution in [3.8, 4) is 0 Å². The molecular weight excluding hydrogens is 410 g/mol. The van der Waals surface area contributed by atoms with E-state index in [0.29, 0.717) is 21.6 Å². The zero-order valence-electron chi connectivity index (χ0n) is 11.0. The van der Waals surface area contributed by atoms with Gasteiger partial charge < -0.3 is 0 Å². The van der Waals surface area contributed by atoms with E-state index in [1.54, 1.807) is 12.1 Å². The number of hydrogen-bond acceptors (Lipinski definition) is 3. The van der Waals surface area contributed by atoms with E-state index in [1.165, 1.54) is 17.8 Å². The quantitative estimate of drug-likeness (QED) is 0.380. The van der Waals surface area contributed by atoms with Crippen LogP contribution in [0.15, 0.2) is 29.2 Å². The van der Waals surface area contributed by atoms with E-state index in [9.17, 15) is 4.39 Å². The lowest BCUT2D eigenvalue weighted by Crippen LogP contribution is -2.04. The lowest BCUT2D eigenvalue weighted by Gasteiger charge is -2.10. The summed E-state index contributed by atoms with van der Waals surface area (Å²) in [6.07, 6.45) is 0. The normalized spacial score (nSPS) is 11.1. The van der Waals surface area contributed by atoms with Crippen molar-refractivity contribution >= 4 is 46.0 Å². The Labute approximate surface area is 140 Å². The monoisotopic (exact) mass is 422 g/mol. The van der Waals surface area contributed by atoms with Gasteiger partial charge in [0, 0.05) is 4.90 Å². The Morgan fingerprint density at radius 2 is 2.00 bits per heavy atom. The Morgan fingerprint density at radius 3 is 2.65 bits per heavy atom. The van der Waals surface area contributed by atoms with Gasteiger partial charge in [0.2, 0.25) is 0 Å². The Hall–Kier alpha value is -0.400. The summed E-state index contributed by atoms with van der Waals surface area (Å²) in [4.78, 5) is 9.39. The molecule has 0 aliphatic carbocycles. The molecular formula is C14H13ClFIN2S. The van der Waals surface area contributed by atoms with Gasteiger partial charge in [0.15, 0.2) is 0 Å². The van der Waals surface area contributed by atoms with Gasteiger partial charge in [0.1, 0.15) is 16.8 Å². The molecule has 0 atom stereocenters. The standard InChI is InChI=1S/C14H13ClFIN2S/c1-8(2)13-12(17)14(15)19-11(18-13)7-20-10-6-4-3-5-9(10)16/h3-6,8H,7H2,1-2H3. The fourth-order valence-electron chi connectivity index (χ4n) is 1.63. The van der Waals surface area contributed by atoms with Gasteiger partial charge in [-0.05, 0) is 40.6 Å². The van der Waals surface area contributed by atoms with Crippen LogP contribution in [0.25, 0.3) is 0 Å².